The second-order valence-corrected chi connectivity index (χ2v) is 7.48. The number of amides is 1. The molecule has 0 unspecified atom stereocenters. The van der Waals surface area contributed by atoms with Crippen LogP contribution in [0.2, 0.25) is 0 Å². The Kier molecular flexibility index (Phi) is 4.74. The highest BCUT2D eigenvalue weighted by Crippen LogP contribution is 2.36. The molecule has 1 saturated heterocycles. The Labute approximate surface area is 159 Å². The van der Waals surface area contributed by atoms with Crippen LogP contribution >= 0.6 is 0 Å². The molecule has 0 radical (unpaired) electrons. The van der Waals surface area contributed by atoms with E-state index in [4.69, 9.17) is 0 Å². The number of piperidine rings is 1. The molecule has 2 aromatic rings. The quantitative estimate of drug-likeness (QED) is 0.876. The van der Waals surface area contributed by atoms with Gasteiger partial charge in [-0.2, -0.15) is 13.2 Å². The lowest BCUT2D eigenvalue weighted by molar-refractivity contribution is -0.137. The van der Waals surface area contributed by atoms with E-state index in [1.165, 1.54) is 18.2 Å². The first-order chi connectivity index (χ1) is 13.3. The van der Waals surface area contributed by atoms with Crippen LogP contribution in [0.3, 0.4) is 0 Å². The van der Waals surface area contributed by atoms with E-state index in [1.54, 1.807) is 16.7 Å². The molecule has 8 heteroatoms. The van der Waals surface area contributed by atoms with Crippen LogP contribution in [0.25, 0.3) is 0 Å². The number of carbonyl (C=O) groups excluding carboxylic acids is 1. The van der Waals surface area contributed by atoms with Gasteiger partial charge in [0.05, 0.1) is 17.8 Å². The number of nitrogens with zero attached hydrogens (tertiary/aromatic N) is 2. The topological polar surface area (TPSA) is 54.3 Å². The molecule has 1 aromatic carbocycles. The van der Waals surface area contributed by atoms with E-state index in [0.29, 0.717) is 19.6 Å². The highest BCUT2D eigenvalue weighted by Gasteiger charge is 2.36. The molecular formula is C20H20F3N3O2. The number of anilines is 1. The number of rotatable bonds is 3. The van der Waals surface area contributed by atoms with Gasteiger partial charge in [0, 0.05) is 37.3 Å². The Balaban J connectivity index is 1.45. The van der Waals surface area contributed by atoms with Gasteiger partial charge in [0.15, 0.2) is 0 Å². The van der Waals surface area contributed by atoms with Crippen molar-refractivity contribution in [1.29, 1.82) is 0 Å². The van der Waals surface area contributed by atoms with Crippen LogP contribution in [0.5, 0.6) is 0 Å². The number of aromatic nitrogens is 1. The minimum atomic E-state index is -4.52. The van der Waals surface area contributed by atoms with Gasteiger partial charge >= 0.3 is 6.18 Å². The van der Waals surface area contributed by atoms with Gasteiger partial charge in [-0.3, -0.25) is 14.5 Å². The lowest BCUT2D eigenvalue weighted by Gasteiger charge is -2.42. The zero-order valence-corrected chi connectivity index (χ0v) is 15.1. The van der Waals surface area contributed by atoms with E-state index in [9.17, 15) is 22.8 Å². The number of pyridine rings is 1. The third-order valence-electron chi connectivity index (χ3n) is 5.43. The second-order valence-electron chi connectivity index (χ2n) is 7.48. The number of carbonyl (C=O) groups is 1. The summed E-state index contributed by atoms with van der Waals surface area (Å²) >= 11 is 0. The van der Waals surface area contributed by atoms with Crippen LogP contribution in [0, 0.1) is 5.92 Å². The van der Waals surface area contributed by atoms with Crippen molar-refractivity contribution in [3.8, 4) is 0 Å². The molecule has 28 heavy (non-hydrogen) atoms. The van der Waals surface area contributed by atoms with Gasteiger partial charge in [-0.1, -0.05) is 18.2 Å². The molecule has 0 saturated carbocycles. The minimum Gasteiger partial charge on any atom is -0.324 e. The predicted octanol–water partition coefficient (Wildman–Crippen LogP) is 2.92. The molecule has 2 bridgehead atoms. The first-order valence-corrected chi connectivity index (χ1v) is 9.19. The highest BCUT2D eigenvalue weighted by atomic mass is 19.4. The van der Waals surface area contributed by atoms with E-state index < -0.39 is 17.6 Å². The van der Waals surface area contributed by atoms with Crippen molar-refractivity contribution in [2.24, 2.45) is 5.92 Å². The molecule has 5 nitrogen and oxygen atoms in total. The van der Waals surface area contributed by atoms with Crippen LogP contribution in [-0.4, -0.2) is 35.0 Å². The molecule has 1 amide bonds. The van der Waals surface area contributed by atoms with Crippen LogP contribution in [0.4, 0.5) is 18.9 Å². The number of hydrogen-bond acceptors (Lipinski definition) is 3. The lowest BCUT2D eigenvalue weighted by atomic mass is 9.83. The Morgan fingerprint density at radius 2 is 1.86 bits per heavy atom. The summed E-state index contributed by atoms with van der Waals surface area (Å²) in [5, 5.41) is 2.40. The molecule has 0 aliphatic carbocycles. The first-order valence-electron chi connectivity index (χ1n) is 9.19. The van der Waals surface area contributed by atoms with Gasteiger partial charge in [0.25, 0.3) is 5.56 Å². The zero-order valence-electron chi connectivity index (χ0n) is 15.1. The van der Waals surface area contributed by atoms with Crippen molar-refractivity contribution in [3.05, 3.63) is 64.1 Å². The zero-order chi connectivity index (χ0) is 19.9. The maximum absolute atomic E-state index is 13.1. The molecule has 0 spiro atoms. The average molecular weight is 391 g/mol. The Hall–Kier alpha value is -2.61. The summed E-state index contributed by atoms with van der Waals surface area (Å²) < 4.78 is 41.1. The van der Waals surface area contributed by atoms with Crippen molar-refractivity contribution in [2.75, 3.05) is 25.0 Å². The number of benzene rings is 1. The van der Waals surface area contributed by atoms with Gasteiger partial charge in [-0.25, -0.2) is 0 Å². The van der Waals surface area contributed by atoms with Crippen molar-refractivity contribution in [2.45, 2.75) is 25.1 Å². The molecule has 3 heterocycles. The number of nitrogens with one attached hydrogen (secondary N) is 1. The fourth-order valence-electron chi connectivity index (χ4n) is 4.36. The summed E-state index contributed by atoms with van der Waals surface area (Å²) in [6.45, 7) is 1.89. The number of halogens is 3. The van der Waals surface area contributed by atoms with E-state index >= 15 is 0 Å². The standard InChI is InChI=1S/C20H20F3N3O2/c21-20(22,23)15-4-1-2-5-16(15)24-18(27)12-25-9-13-8-14(11-25)17-6-3-7-19(28)26(17)10-13/h1-7,13-14H,8-12H2,(H,24,27)/t13-,14+/m0/s1. The van der Waals surface area contributed by atoms with Crippen LogP contribution in [0.15, 0.2) is 47.3 Å². The molecule has 148 valence electrons. The van der Waals surface area contributed by atoms with E-state index in [0.717, 1.165) is 18.2 Å². The van der Waals surface area contributed by atoms with Gasteiger partial charge in [-0.15, -0.1) is 0 Å². The molecule has 2 aliphatic rings. The molecule has 2 atom stereocenters. The van der Waals surface area contributed by atoms with Crippen molar-refractivity contribution < 1.29 is 18.0 Å². The number of para-hydroxylation sites is 1. The molecule has 4 rings (SSSR count). The van der Waals surface area contributed by atoms with Crippen molar-refractivity contribution in [1.82, 2.24) is 9.47 Å². The van der Waals surface area contributed by atoms with E-state index in [2.05, 4.69) is 5.32 Å². The van der Waals surface area contributed by atoms with Crippen LogP contribution in [0.1, 0.15) is 23.6 Å². The van der Waals surface area contributed by atoms with E-state index in [1.807, 2.05) is 11.0 Å². The number of fused-ring (bicyclic) bond motifs is 4. The lowest BCUT2D eigenvalue weighted by Crippen LogP contribution is -2.49. The molecule has 1 N–H and O–H groups in total. The summed E-state index contributed by atoms with van der Waals surface area (Å²) in [7, 11) is 0. The summed E-state index contributed by atoms with van der Waals surface area (Å²) in [5.41, 5.74) is -0.125. The predicted molar refractivity (Wildman–Crippen MR) is 98.1 cm³/mol. The van der Waals surface area contributed by atoms with Gasteiger partial charge in [0.2, 0.25) is 5.91 Å². The molecule has 1 aromatic heterocycles. The average Bonchev–Trinajstić information content (AvgIpc) is 2.62. The molecular weight excluding hydrogens is 371 g/mol. The summed E-state index contributed by atoms with van der Waals surface area (Å²) in [6, 6.07) is 10.2. The Morgan fingerprint density at radius 3 is 2.64 bits per heavy atom. The third-order valence-corrected chi connectivity index (χ3v) is 5.43. The molecule has 1 fully saturated rings. The number of likely N-dealkylation sites (tertiary alicyclic amines) is 1. The van der Waals surface area contributed by atoms with Crippen LogP contribution in [-0.2, 0) is 17.5 Å². The SMILES string of the molecule is O=C(CN1C[C@@H]2C[C@H](C1)c1cccc(=O)n1C2)Nc1ccccc1C(F)(F)F. The number of alkyl halides is 3. The monoisotopic (exact) mass is 391 g/mol. The normalized spacial score (nSPS) is 21.8. The largest absolute Gasteiger partial charge is 0.418 e. The Bertz CT molecular complexity index is 954. The van der Waals surface area contributed by atoms with Crippen molar-refractivity contribution in [3.63, 3.8) is 0 Å². The summed E-state index contributed by atoms with van der Waals surface area (Å²) in [6.07, 6.45) is -3.57. The summed E-state index contributed by atoms with van der Waals surface area (Å²) in [4.78, 5) is 26.4. The van der Waals surface area contributed by atoms with Gasteiger partial charge in [0.1, 0.15) is 0 Å². The van der Waals surface area contributed by atoms with Gasteiger partial charge < -0.3 is 9.88 Å². The molecule has 2 aliphatic heterocycles. The second kappa shape index (κ2) is 7.09. The fourth-order valence-corrected chi connectivity index (χ4v) is 4.36. The first kappa shape index (κ1) is 18.7. The maximum atomic E-state index is 13.1. The van der Waals surface area contributed by atoms with Crippen LogP contribution < -0.4 is 10.9 Å². The van der Waals surface area contributed by atoms with E-state index in [-0.39, 0.29) is 29.6 Å². The smallest absolute Gasteiger partial charge is 0.324 e. The maximum Gasteiger partial charge on any atom is 0.418 e. The van der Waals surface area contributed by atoms with Gasteiger partial charge in [-0.05, 0) is 30.5 Å². The fraction of sp³-hybridized carbons (Fsp3) is 0.400. The summed E-state index contributed by atoms with van der Waals surface area (Å²) in [5.74, 6) is -0.0691. The highest BCUT2D eigenvalue weighted by molar-refractivity contribution is 5.93. The van der Waals surface area contributed by atoms with Crippen molar-refractivity contribution >= 4 is 11.6 Å². The third kappa shape index (κ3) is 3.69. The number of hydrogen-bond donors (Lipinski definition) is 1. The minimum absolute atomic E-state index is 0.0119. The Morgan fingerprint density at radius 1 is 1.07 bits per heavy atom.